The molecule has 2 heteroatoms. The minimum absolute atomic E-state index is 0.248. The predicted molar refractivity (Wildman–Crippen MR) is 79.6 cm³/mol. The van der Waals surface area contributed by atoms with E-state index in [1.165, 1.54) is 25.8 Å². The van der Waals surface area contributed by atoms with Crippen LogP contribution in [0.5, 0.6) is 0 Å². The molecule has 108 valence electrons. The van der Waals surface area contributed by atoms with Gasteiger partial charge in [0.25, 0.3) is 0 Å². The molecule has 0 saturated heterocycles. The summed E-state index contributed by atoms with van der Waals surface area (Å²) < 4.78 is 0. The second-order valence-electron chi connectivity index (χ2n) is 8.09. The lowest BCUT2D eigenvalue weighted by Gasteiger charge is -2.43. The molecule has 2 nitrogen and oxygen atoms in total. The van der Waals surface area contributed by atoms with Gasteiger partial charge in [0.05, 0.1) is 12.0 Å². The van der Waals surface area contributed by atoms with E-state index in [4.69, 9.17) is 0 Å². The molecule has 5 atom stereocenters. The molecule has 0 amide bonds. The molecule has 2 saturated carbocycles. The van der Waals surface area contributed by atoms with Gasteiger partial charge in [0.1, 0.15) is 0 Å². The molecule has 0 N–H and O–H groups in total. The molecular formula is C17H30N2. The van der Waals surface area contributed by atoms with E-state index in [2.05, 4.69) is 45.7 Å². The molecule has 0 radical (unpaired) electrons. The van der Waals surface area contributed by atoms with Crippen molar-refractivity contribution in [1.29, 1.82) is 5.26 Å². The van der Waals surface area contributed by atoms with Crippen LogP contribution in [-0.4, -0.2) is 24.5 Å². The topological polar surface area (TPSA) is 27.0 Å². The van der Waals surface area contributed by atoms with Crippen molar-refractivity contribution in [3.8, 4) is 6.07 Å². The van der Waals surface area contributed by atoms with Gasteiger partial charge in [-0.3, -0.25) is 0 Å². The monoisotopic (exact) mass is 262 g/mol. The van der Waals surface area contributed by atoms with E-state index in [1.807, 2.05) is 0 Å². The van der Waals surface area contributed by atoms with Gasteiger partial charge in [0.2, 0.25) is 0 Å². The lowest BCUT2D eigenvalue weighted by atomic mass is 9.68. The van der Waals surface area contributed by atoms with Gasteiger partial charge in [-0.2, -0.15) is 5.26 Å². The minimum Gasteiger partial charge on any atom is -0.302 e. The summed E-state index contributed by atoms with van der Waals surface area (Å²) >= 11 is 0. The Morgan fingerprint density at radius 1 is 1.21 bits per heavy atom. The third kappa shape index (κ3) is 3.51. The number of rotatable bonds is 3. The average Bonchev–Trinajstić information content (AvgIpc) is 3.02. The van der Waals surface area contributed by atoms with Gasteiger partial charge < -0.3 is 4.90 Å². The van der Waals surface area contributed by atoms with Crippen LogP contribution < -0.4 is 0 Å². The predicted octanol–water partition coefficient (Wildman–Crippen LogP) is 3.93. The van der Waals surface area contributed by atoms with Crippen molar-refractivity contribution in [2.75, 3.05) is 13.6 Å². The first-order chi connectivity index (χ1) is 8.82. The maximum atomic E-state index is 9.42. The van der Waals surface area contributed by atoms with Crippen molar-refractivity contribution >= 4 is 0 Å². The molecule has 0 bridgehead atoms. The van der Waals surface area contributed by atoms with Crippen molar-refractivity contribution in [3.63, 3.8) is 0 Å². The van der Waals surface area contributed by atoms with Crippen LogP contribution in [0.3, 0.4) is 0 Å². The highest BCUT2D eigenvalue weighted by Gasteiger charge is 2.40. The molecule has 0 spiro atoms. The second kappa shape index (κ2) is 5.44. The summed E-state index contributed by atoms with van der Waals surface area (Å²) in [6, 6.07) is 3.05. The molecule has 0 heterocycles. The largest absolute Gasteiger partial charge is 0.302 e. The van der Waals surface area contributed by atoms with E-state index in [9.17, 15) is 5.26 Å². The van der Waals surface area contributed by atoms with Gasteiger partial charge in [-0.15, -0.1) is 0 Å². The SMILES string of the molecule is CC1CC1CN(C)C1CC(C(C)(C)C)CCC1C#N. The Kier molecular flexibility index (Phi) is 4.26. The van der Waals surface area contributed by atoms with Gasteiger partial charge in [-0.05, 0) is 55.9 Å². The lowest BCUT2D eigenvalue weighted by Crippen LogP contribution is -2.45. The van der Waals surface area contributed by atoms with Crippen molar-refractivity contribution in [3.05, 3.63) is 0 Å². The molecule has 0 aliphatic heterocycles. The van der Waals surface area contributed by atoms with E-state index in [-0.39, 0.29) is 5.92 Å². The van der Waals surface area contributed by atoms with Gasteiger partial charge in [0, 0.05) is 12.6 Å². The first kappa shape index (κ1) is 14.9. The number of nitrogens with zero attached hydrogens (tertiary/aromatic N) is 2. The first-order valence-electron chi connectivity index (χ1n) is 7.92. The average molecular weight is 262 g/mol. The molecule has 2 aliphatic rings. The maximum Gasteiger partial charge on any atom is 0.0672 e. The third-order valence-electron chi connectivity index (χ3n) is 5.57. The minimum atomic E-state index is 0.248. The molecule has 5 unspecified atom stereocenters. The van der Waals surface area contributed by atoms with Crippen molar-refractivity contribution in [2.24, 2.45) is 29.1 Å². The molecule has 2 fully saturated rings. The fourth-order valence-electron chi connectivity index (χ4n) is 3.73. The van der Waals surface area contributed by atoms with Gasteiger partial charge in [0.15, 0.2) is 0 Å². The zero-order valence-electron chi connectivity index (χ0n) is 13.3. The summed E-state index contributed by atoms with van der Waals surface area (Å²) in [6.07, 6.45) is 4.91. The fraction of sp³-hybridized carbons (Fsp3) is 0.941. The molecule has 2 rings (SSSR count). The van der Waals surface area contributed by atoms with E-state index in [0.717, 1.165) is 24.2 Å². The molecule has 2 aliphatic carbocycles. The van der Waals surface area contributed by atoms with Gasteiger partial charge in [-0.1, -0.05) is 27.7 Å². The number of hydrogen-bond acceptors (Lipinski definition) is 2. The standard InChI is InChI=1S/C17H30N2/c1-12-8-14(12)11-19(5)16-9-15(17(2,3)4)7-6-13(16)10-18/h12-16H,6-9,11H2,1-5H3. The first-order valence-corrected chi connectivity index (χ1v) is 7.92. The van der Waals surface area contributed by atoms with Crippen LogP contribution in [0.2, 0.25) is 0 Å². The fourth-order valence-corrected chi connectivity index (χ4v) is 3.73. The summed E-state index contributed by atoms with van der Waals surface area (Å²) in [5.41, 5.74) is 0.381. The smallest absolute Gasteiger partial charge is 0.0672 e. The lowest BCUT2D eigenvalue weighted by molar-refractivity contribution is 0.0721. The van der Waals surface area contributed by atoms with Crippen LogP contribution in [0, 0.1) is 40.4 Å². The Balaban J connectivity index is 1.99. The molecule has 0 aromatic heterocycles. The van der Waals surface area contributed by atoms with E-state index < -0.39 is 0 Å². The maximum absolute atomic E-state index is 9.42. The molecular weight excluding hydrogens is 232 g/mol. The zero-order chi connectivity index (χ0) is 14.2. The van der Waals surface area contributed by atoms with Gasteiger partial charge >= 0.3 is 0 Å². The van der Waals surface area contributed by atoms with Crippen LogP contribution >= 0.6 is 0 Å². The van der Waals surface area contributed by atoms with Crippen molar-refractivity contribution in [1.82, 2.24) is 4.90 Å². The Morgan fingerprint density at radius 2 is 1.84 bits per heavy atom. The van der Waals surface area contributed by atoms with Crippen LogP contribution in [0.1, 0.15) is 53.4 Å². The highest BCUT2D eigenvalue weighted by atomic mass is 15.1. The number of hydrogen-bond donors (Lipinski definition) is 0. The third-order valence-corrected chi connectivity index (χ3v) is 5.57. The zero-order valence-corrected chi connectivity index (χ0v) is 13.3. The van der Waals surface area contributed by atoms with Crippen LogP contribution in [-0.2, 0) is 0 Å². The summed E-state index contributed by atoms with van der Waals surface area (Å²) in [5.74, 6) is 2.81. The normalized spacial score (nSPS) is 39.1. The van der Waals surface area contributed by atoms with E-state index in [1.54, 1.807) is 0 Å². The van der Waals surface area contributed by atoms with Crippen molar-refractivity contribution < 1.29 is 0 Å². The Bertz CT molecular complexity index is 349. The number of nitriles is 1. The highest BCUT2D eigenvalue weighted by Crippen LogP contribution is 2.43. The van der Waals surface area contributed by atoms with E-state index >= 15 is 0 Å². The van der Waals surface area contributed by atoms with Crippen LogP contribution in [0.15, 0.2) is 0 Å². The molecule has 19 heavy (non-hydrogen) atoms. The summed E-state index contributed by atoms with van der Waals surface area (Å²) in [4.78, 5) is 2.50. The molecule has 0 aromatic rings. The van der Waals surface area contributed by atoms with Gasteiger partial charge in [-0.25, -0.2) is 0 Å². The van der Waals surface area contributed by atoms with E-state index in [0.29, 0.717) is 11.5 Å². The Hall–Kier alpha value is -0.550. The quantitative estimate of drug-likeness (QED) is 0.770. The Morgan fingerprint density at radius 3 is 2.32 bits per heavy atom. The van der Waals surface area contributed by atoms with Crippen molar-refractivity contribution in [2.45, 2.75) is 59.4 Å². The Labute approximate surface area is 119 Å². The highest BCUT2D eigenvalue weighted by molar-refractivity contribution is 5.00. The second-order valence-corrected chi connectivity index (χ2v) is 8.09. The molecule has 0 aromatic carbocycles. The summed E-state index contributed by atoms with van der Waals surface area (Å²) in [5, 5.41) is 9.42. The summed E-state index contributed by atoms with van der Waals surface area (Å²) in [7, 11) is 2.24. The summed E-state index contributed by atoms with van der Waals surface area (Å²) in [6.45, 7) is 10.6. The van der Waals surface area contributed by atoms with Crippen LogP contribution in [0.4, 0.5) is 0 Å². The van der Waals surface area contributed by atoms with Crippen LogP contribution in [0.25, 0.3) is 0 Å².